The van der Waals surface area contributed by atoms with Crippen LogP contribution in [0.15, 0.2) is 39.9 Å². The van der Waals surface area contributed by atoms with Crippen LogP contribution in [0, 0.1) is 6.92 Å². The molecule has 1 amide bonds. The number of amides is 1. The van der Waals surface area contributed by atoms with Crippen LogP contribution in [-0.4, -0.2) is 30.4 Å². The van der Waals surface area contributed by atoms with Gasteiger partial charge in [-0.2, -0.15) is 0 Å². The molecule has 8 heteroatoms. The van der Waals surface area contributed by atoms with E-state index in [-0.39, 0.29) is 29.5 Å². The lowest BCUT2D eigenvalue weighted by atomic mass is 10.3. The molecule has 1 aromatic carbocycles. The zero-order chi connectivity index (χ0) is 15.3. The zero-order valence-electron chi connectivity index (χ0n) is 11.4. The molecule has 0 fully saturated rings. The SMILES string of the molecule is Cc1nonc1CNC(=O)CCS(=O)(=O)c1ccccc1. The average molecular weight is 309 g/mol. The molecule has 112 valence electrons. The Bertz CT molecular complexity index is 710. The number of hydrogen-bond donors (Lipinski definition) is 1. The second-order valence-corrected chi connectivity index (χ2v) is 6.56. The van der Waals surface area contributed by atoms with Gasteiger partial charge < -0.3 is 5.32 Å². The molecule has 0 spiro atoms. The van der Waals surface area contributed by atoms with E-state index >= 15 is 0 Å². The highest BCUT2D eigenvalue weighted by Crippen LogP contribution is 2.11. The molecule has 0 aliphatic rings. The van der Waals surface area contributed by atoms with E-state index < -0.39 is 9.84 Å². The number of hydrogen-bond acceptors (Lipinski definition) is 6. The lowest BCUT2D eigenvalue weighted by Gasteiger charge is -2.05. The molecule has 1 aromatic heterocycles. The molecule has 1 heterocycles. The minimum absolute atomic E-state index is 0.110. The van der Waals surface area contributed by atoms with Gasteiger partial charge in [-0.15, -0.1) is 0 Å². The van der Waals surface area contributed by atoms with Gasteiger partial charge in [-0.05, 0) is 19.1 Å². The zero-order valence-corrected chi connectivity index (χ0v) is 12.3. The largest absolute Gasteiger partial charge is 0.350 e. The first kappa shape index (κ1) is 15.2. The fourth-order valence-corrected chi connectivity index (χ4v) is 2.91. The second-order valence-electron chi connectivity index (χ2n) is 4.45. The molecule has 0 saturated carbocycles. The molecule has 21 heavy (non-hydrogen) atoms. The van der Waals surface area contributed by atoms with Gasteiger partial charge in [0.25, 0.3) is 0 Å². The van der Waals surface area contributed by atoms with E-state index in [1.165, 1.54) is 12.1 Å². The Balaban J connectivity index is 1.85. The Morgan fingerprint density at radius 3 is 2.57 bits per heavy atom. The van der Waals surface area contributed by atoms with Crippen LogP contribution in [0.4, 0.5) is 0 Å². The maximum Gasteiger partial charge on any atom is 0.221 e. The van der Waals surface area contributed by atoms with Crippen LogP contribution >= 0.6 is 0 Å². The fourth-order valence-electron chi connectivity index (χ4n) is 1.65. The van der Waals surface area contributed by atoms with Gasteiger partial charge in [0, 0.05) is 6.42 Å². The highest BCUT2D eigenvalue weighted by molar-refractivity contribution is 7.91. The third-order valence-corrected chi connectivity index (χ3v) is 4.63. The van der Waals surface area contributed by atoms with Crippen molar-refractivity contribution >= 4 is 15.7 Å². The van der Waals surface area contributed by atoms with Gasteiger partial charge in [-0.1, -0.05) is 28.5 Å². The molecule has 2 rings (SSSR count). The van der Waals surface area contributed by atoms with Crippen molar-refractivity contribution in [2.24, 2.45) is 0 Å². The van der Waals surface area contributed by atoms with Gasteiger partial charge >= 0.3 is 0 Å². The summed E-state index contributed by atoms with van der Waals surface area (Å²) in [5.74, 6) is -0.601. The van der Waals surface area contributed by atoms with E-state index in [0.717, 1.165) is 0 Å². The molecule has 0 atom stereocenters. The first-order valence-electron chi connectivity index (χ1n) is 6.31. The summed E-state index contributed by atoms with van der Waals surface area (Å²) in [6.45, 7) is 1.87. The van der Waals surface area contributed by atoms with Crippen molar-refractivity contribution in [3.05, 3.63) is 41.7 Å². The van der Waals surface area contributed by atoms with Gasteiger partial charge in [0.05, 0.1) is 17.2 Å². The summed E-state index contributed by atoms with van der Waals surface area (Å²) < 4.78 is 28.5. The molecule has 0 bridgehead atoms. The monoisotopic (exact) mass is 309 g/mol. The number of nitrogens with one attached hydrogen (secondary N) is 1. The normalized spacial score (nSPS) is 11.3. The summed E-state index contributed by atoms with van der Waals surface area (Å²) in [6, 6.07) is 8.05. The van der Waals surface area contributed by atoms with Crippen molar-refractivity contribution in [1.82, 2.24) is 15.6 Å². The molecule has 1 N–H and O–H groups in total. The Labute approximate surface area is 122 Å². The van der Waals surface area contributed by atoms with Crippen molar-refractivity contribution in [3.63, 3.8) is 0 Å². The lowest BCUT2D eigenvalue weighted by molar-refractivity contribution is -0.120. The van der Waals surface area contributed by atoms with Crippen LogP contribution in [-0.2, 0) is 21.2 Å². The topological polar surface area (TPSA) is 102 Å². The number of carbonyl (C=O) groups is 1. The van der Waals surface area contributed by atoms with Gasteiger partial charge in [0.15, 0.2) is 9.84 Å². The first-order valence-corrected chi connectivity index (χ1v) is 7.97. The summed E-state index contributed by atoms with van der Waals surface area (Å²) >= 11 is 0. The van der Waals surface area contributed by atoms with Crippen molar-refractivity contribution in [1.29, 1.82) is 0 Å². The highest BCUT2D eigenvalue weighted by Gasteiger charge is 2.16. The molecule has 0 aliphatic heterocycles. The van der Waals surface area contributed by atoms with Gasteiger partial charge in [0.2, 0.25) is 5.91 Å². The minimum atomic E-state index is -3.44. The average Bonchev–Trinajstić information content (AvgIpc) is 2.89. The number of aromatic nitrogens is 2. The molecule has 0 unspecified atom stereocenters. The smallest absolute Gasteiger partial charge is 0.221 e. The van der Waals surface area contributed by atoms with E-state index in [9.17, 15) is 13.2 Å². The molecule has 7 nitrogen and oxygen atoms in total. The van der Waals surface area contributed by atoms with Gasteiger partial charge in [0.1, 0.15) is 11.4 Å². The lowest BCUT2D eigenvalue weighted by Crippen LogP contribution is -2.25. The van der Waals surface area contributed by atoms with Crippen LogP contribution in [0.2, 0.25) is 0 Å². The highest BCUT2D eigenvalue weighted by atomic mass is 32.2. The Morgan fingerprint density at radius 2 is 1.95 bits per heavy atom. The molecule has 2 aromatic rings. The van der Waals surface area contributed by atoms with Crippen molar-refractivity contribution < 1.29 is 17.8 Å². The van der Waals surface area contributed by atoms with Crippen molar-refractivity contribution in [3.8, 4) is 0 Å². The van der Waals surface area contributed by atoms with E-state index in [4.69, 9.17) is 0 Å². The van der Waals surface area contributed by atoms with Crippen LogP contribution in [0.3, 0.4) is 0 Å². The molecular weight excluding hydrogens is 294 g/mol. The van der Waals surface area contributed by atoms with Crippen LogP contribution in [0.1, 0.15) is 17.8 Å². The number of nitrogens with zero attached hydrogens (tertiary/aromatic N) is 2. The number of sulfone groups is 1. The Hall–Kier alpha value is -2.22. The third kappa shape index (κ3) is 4.12. The molecule has 0 radical (unpaired) electrons. The van der Waals surface area contributed by atoms with Crippen LogP contribution < -0.4 is 5.32 Å². The number of benzene rings is 1. The maximum atomic E-state index is 12.0. The summed E-state index contributed by atoms with van der Waals surface area (Å²) in [4.78, 5) is 11.9. The van der Waals surface area contributed by atoms with Crippen molar-refractivity contribution in [2.45, 2.75) is 24.8 Å². The number of aryl methyl sites for hydroxylation is 1. The predicted molar refractivity (Wildman–Crippen MR) is 74.0 cm³/mol. The third-order valence-electron chi connectivity index (χ3n) is 2.90. The quantitative estimate of drug-likeness (QED) is 0.849. The van der Waals surface area contributed by atoms with E-state index in [0.29, 0.717) is 11.4 Å². The summed E-state index contributed by atoms with van der Waals surface area (Å²) in [5, 5.41) is 9.80. The standard InChI is InChI=1S/C13H15N3O4S/c1-10-12(16-20-15-10)9-14-13(17)7-8-21(18,19)11-5-3-2-4-6-11/h2-6H,7-9H2,1H3,(H,14,17). The van der Waals surface area contributed by atoms with Crippen molar-refractivity contribution in [2.75, 3.05) is 5.75 Å². The molecule has 0 saturated heterocycles. The minimum Gasteiger partial charge on any atom is -0.350 e. The predicted octanol–water partition coefficient (Wildman–Crippen LogP) is 0.858. The molecular formula is C13H15N3O4S. The Morgan fingerprint density at radius 1 is 1.24 bits per heavy atom. The number of carbonyl (C=O) groups excluding carboxylic acids is 1. The van der Waals surface area contributed by atoms with E-state index in [1.54, 1.807) is 25.1 Å². The summed E-state index contributed by atoms with van der Waals surface area (Å²) in [7, 11) is -3.44. The van der Waals surface area contributed by atoms with E-state index in [2.05, 4.69) is 20.3 Å². The summed E-state index contributed by atoms with van der Waals surface area (Å²) in [6.07, 6.45) is -0.110. The summed E-state index contributed by atoms with van der Waals surface area (Å²) in [5.41, 5.74) is 1.11. The van der Waals surface area contributed by atoms with Gasteiger partial charge in [-0.3, -0.25) is 4.79 Å². The van der Waals surface area contributed by atoms with Crippen LogP contribution in [0.25, 0.3) is 0 Å². The molecule has 0 aliphatic carbocycles. The number of rotatable bonds is 6. The van der Waals surface area contributed by atoms with E-state index in [1.807, 2.05) is 0 Å². The van der Waals surface area contributed by atoms with Gasteiger partial charge in [-0.25, -0.2) is 13.0 Å². The maximum absolute atomic E-state index is 12.0. The van der Waals surface area contributed by atoms with Crippen LogP contribution in [0.5, 0.6) is 0 Å². The fraction of sp³-hybridized carbons (Fsp3) is 0.308. The Kier molecular flexibility index (Phi) is 4.69. The second kappa shape index (κ2) is 6.49. The first-order chi connectivity index (χ1) is 9.99.